The summed E-state index contributed by atoms with van der Waals surface area (Å²) in [6, 6.07) is 14.8. The lowest BCUT2D eigenvalue weighted by molar-refractivity contribution is -0.138. The molecule has 2 aromatic rings. The van der Waals surface area contributed by atoms with Crippen molar-refractivity contribution in [3.8, 4) is 0 Å². The summed E-state index contributed by atoms with van der Waals surface area (Å²) in [5.41, 5.74) is 3.35. The highest BCUT2D eigenvalue weighted by Crippen LogP contribution is 2.16. The van der Waals surface area contributed by atoms with E-state index in [1.807, 2.05) is 36.4 Å². The van der Waals surface area contributed by atoms with E-state index >= 15 is 0 Å². The van der Waals surface area contributed by atoms with Gasteiger partial charge in [-0.1, -0.05) is 30.8 Å². The van der Waals surface area contributed by atoms with Crippen LogP contribution >= 0.6 is 0 Å². The molecule has 0 aliphatic heterocycles. The van der Waals surface area contributed by atoms with E-state index in [1.54, 1.807) is 19.2 Å². The summed E-state index contributed by atoms with van der Waals surface area (Å²) in [6.45, 7) is 4.07. The fourth-order valence-electron chi connectivity index (χ4n) is 2.54. The van der Waals surface area contributed by atoms with Crippen LogP contribution in [0.5, 0.6) is 0 Å². The summed E-state index contributed by atoms with van der Waals surface area (Å²) >= 11 is 0. The van der Waals surface area contributed by atoms with E-state index in [9.17, 15) is 14.4 Å². The van der Waals surface area contributed by atoms with Gasteiger partial charge < -0.3 is 19.5 Å². The van der Waals surface area contributed by atoms with Gasteiger partial charge in [0.2, 0.25) is 0 Å². The first-order valence-corrected chi connectivity index (χ1v) is 9.99. The minimum atomic E-state index is -0.639. The van der Waals surface area contributed by atoms with Crippen LogP contribution in [-0.2, 0) is 25.4 Å². The van der Waals surface area contributed by atoms with E-state index in [0.29, 0.717) is 30.9 Å². The van der Waals surface area contributed by atoms with Gasteiger partial charge in [-0.05, 0) is 48.9 Å². The number of carbonyl (C=O) groups excluding carboxylic acids is 3. The Morgan fingerprint density at radius 3 is 1.72 bits per heavy atom. The molecule has 32 heavy (non-hydrogen) atoms. The standard InChI is InChI=1S/C23H27N3O6/c1-3-21(27)30-14-15-32-23(29)26-20-10-6-18(7-11-20)16-17-4-8-19(9-5-17)25-22(28)31-13-12-24-2/h3-11,24H,1,12-16H2,2H3,(H,25,28)(H,26,29). The zero-order valence-corrected chi connectivity index (χ0v) is 17.9. The van der Waals surface area contributed by atoms with Crippen molar-refractivity contribution in [2.24, 2.45) is 0 Å². The highest BCUT2D eigenvalue weighted by Gasteiger charge is 2.06. The Hall–Kier alpha value is -3.85. The number of hydrogen-bond donors (Lipinski definition) is 3. The number of hydrogen-bond acceptors (Lipinski definition) is 7. The lowest BCUT2D eigenvalue weighted by Crippen LogP contribution is -2.20. The smallest absolute Gasteiger partial charge is 0.411 e. The van der Waals surface area contributed by atoms with Crippen molar-refractivity contribution in [2.45, 2.75) is 6.42 Å². The normalized spacial score (nSPS) is 10.0. The number of ether oxygens (including phenoxy) is 3. The molecule has 0 saturated heterocycles. The Morgan fingerprint density at radius 2 is 1.25 bits per heavy atom. The molecule has 0 heterocycles. The van der Waals surface area contributed by atoms with Crippen LogP contribution in [0, 0.1) is 0 Å². The lowest BCUT2D eigenvalue weighted by Gasteiger charge is -2.09. The number of likely N-dealkylation sites (N-methyl/N-ethyl adjacent to an activating group) is 1. The number of esters is 1. The molecule has 9 nitrogen and oxygen atoms in total. The van der Waals surface area contributed by atoms with Gasteiger partial charge in [0.25, 0.3) is 0 Å². The second kappa shape index (κ2) is 13.5. The maximum Gasteiger partial charge on any atom is 0.411 e. The van der Waals surface area contributed by atoms with E-state index in [4.69, 9.17) is 14.2 Å². The van der Waals surface area contributed by atoms with Crippen molar-refractivity contribution in [3.63, 3.8) is 0 Å². The molecule has 0 unspecified atom stereocenters. The minimum Gasteiger partial charge on any atom is -0.459 e. The molecule has 0 fully saturated rings. The third kappa shape index (κ3) is 9.31. The summed E-state index contributed by atoms with van der Waals surface area (Å²) in [5, 5.41) is 8.17. The van der Waals surface area contributed by atoms with Crippen LogP contribution in [0.25, 0.3) is 0 Å². The Kier molecular flexibility index (Phi) is 10.3. The monoisotopic (exact) mass is 441 g/mol. The van der Waals surface area contributed by atoms with Crippen molar-refractivity contribution in [1.82, 2.24) is 5.32 Å². The zero-order chi connectivity index (χ0) is 23.2. The maximum atomic E-state index is 11.7. The first kappa shape index (κ1) is 24.4. The Labute approximate surface area is 186 Å². The van der Waals surface area contributed by atoms with Crippen LogP contribution < -0.4 is 16.0 Å². The summed E-state index contributed by atoms with van der Waals surface area (Å²) in [6.07, 6.45) is 0.593. The van der Waals surface area contributed by atoms with Crippen molar-refractivity contribution in [3.05, 3.63) is 72.3 Å². The topological polar surface area (TPSA) is 115 Å². The lowest BCUT2D eigenvalue weighted by atomic mass is 10.0. The second-order valence-corrected chi connectivity index (χ2v) is 6.57. The van der Waals surface area contributed by atoms with E-state index in [1.165, 1.54) is 0 Å². The van der Waals surface area contributed by atoms with Gasteiger partial charge in [-0.25, -0.2) is 14.4 Å². The van der Waals surface area contributed by atoms with Crippen LogP contribution in [0.15, 0.2) is 61.2 Å². The van der Waals surface area contributed by atoms with Gasteiger partial charge >= 0.3 is 18.2 Å². The number of carbonyl (C=O) groups is 3. The van der Waals surface area contributed by atoms with Gasteiger partial charge in [-0.2, -0.15) is 0 Å². The van der Waals surface area contributed by atoms with E-state index in [2.05, 4.69) is 22.5 Å². The number of rotatable bonds is 11. The first-order valence-electron chi connectivity index (χ1n) is 9.99. The van der Waals surface area contributed by atoms with Crippen LogP contribution in [0.2, 0.25) is 0 Å². The SMILES string of the molecule is C=CC(=O)OCCOC(=O)Nc1ccc(Cc2ccc(NC(=O)OCCNC)cc2)cc1. The van der Waals surface area contributed by atoms with E-state index < -0.39 is 18.2 Å². The molecule has 2 rings (SSSR count). The third-order valence-electron chi connectivity index (χ3n) is 4.12. The Balaban J connectivity index is 1.76. The van der Waals surface area contributed by atoms with E-state index in [0.717, 1.165) is 17.2 Å². The summed E-state index contributed by atoms with van der Waals surface area (Å²) in [5.74, 6) is -0.571. The first-order chi connectivity index (χ1) is 15.5. The van der Waals surface area contributed by atoms with Gasteiger partial charge in [0.15, 0.2) is 0 Å². The molecule has 3 N–H and O–H groups in total. The van der Waals surface area contributed by atoms with Crippen LogP contribution in [0.1, 0.15) is 11.1 Å². The zero-order valence-electron chi connectivity index (χ0n) is 17.9. The summed E-state index contributed by atoms with van der Waals surface area (Å²) in [4.78, 5) is 34.3. The highest BCUT2D eigenvalue weighted by atomic mass is 16.6. The fourth-order valence-corrected chi connectivity index (χ4v) is 2.54. The molecule has 0 aliphatic rings. The van der Waals surface area contributed by atoms with Crippen LogP contribution in [-0.4, -0.2) is 51.6 Å². The number of benzene rings is 2. The molecule has 0 saturated carbocycles. The van der Waals surface area contributed by atoms with Gasteiger partial charge in [0.05, 0.1) is 0 Å². The molecule has 0 atom stereocenters. The van der Waals surface area contributed by atoms with Gasteiger partial charge in [-0.3, -0.25) is 10.6 Å². The molecule has 0 bridgehead atoms. The largest absolute Gasteiger partial charge is 0.459 e. The molecule has 0 spiro atoms. The second-order valence-electron chi connectivity index (χ2n) is 6.57. The molecule has 0 radical (unpaired) electrons. The van der Waals surface area contributed by atoms with Crippen molar-refractivity contribution in [2.75, 3.05) is 44.0 Å². The van der Waals surface area contributed by atoms with Crippen molar-refractivity contribution in [1.29, 1.82) is 0 Å². The van der Waals surface area contributed by atoms with Crippen molar-refractivity contribution < 1.29 is 28.6 Å². The summed E-state index contributed by atoms with van der Waals surface area (Å²) in [7, 11) is 1.78. The number of nitrogens with one attached hydrogen (secondary N) is 3. The van der Waals surface area contributed by atoms with Gasteiger partial charge in [-0.15, -0.1) is 0 Å². The van der Waals surface area contributed by atoms with Gasteiger partial charge in [0, 0.05) is 24.0 Å². The molecule has 170 valence electrons. The minimum absolute atomic E-state index is 0.0386. The Bertz CT molecular complexity index is 897. The van der Waals surface area contributed by atoms with E-state index in [-0.39, 0.29) is 13.2 Å². The number of anilines is 2. The molecule has 9 heteroatoms. The van der Waals surface area contributed by atoms with Crippen LogP contribution in [0.4, 0.5) is 21.0 Å². The van der Waals surface area contributed by atoms with Crippen molar-refractivity contribution >= 4 is 29.5 Å². The predicted molar refractivity (Wildman–Crippen MR) is 121 cm³/mol. The molecule has 2 aromatic carbocycles. The maximum absolute atomic E-state index is 11.7. The van der Waals surface area contributed by atoms with Crippen LogP contribution in [0.3, 0.4) is 0 Å². The average Bonchev–Trinajstić information content (AvgIpc) is 2.79. The average molecular weight is 441 g/mol. The third-order valence-corrected chi connectivity index (χ3v) is 4.12. The molecular formula is C23H27N3O6. The molecular weight excluding hydrogens is 414 g/mol. The molecule has 0 aromatic heterocycles. The predicted octanol–water partition coefficient (Wildman–Crippen LogP) is 3.32. The fraction of sp³-hybridized carbons (Fsp3) is 0.261. The number of amides is 2. The van der Waals surface area contributed by atoms with Gasteiger partial charge in [0.1, 0.15) is 19.8 Å². The molecule has 2 amide bonds. The molecule has 0 aliphatic carbocycles. The quantitative estimate of drug-likeness (QED) is 0.212. The Morgan fingerprint density at radius 1 is 0.781 bits per heavy atom. The summed E-state index contributed by atoms with van der Waals surface area (Å²) < 4.78 is 14.7. The highest BCUT2D eigenvalue weighted by molar-refractivity contribution is 5.85.